The summed E-state index contributed by atoms with van der Waals surface area (Å²) in [6.45, 7) is 16.4. The normalized spacial score (nSPS) is 39.1. The molecule has 0 radical (unpaired) electrons. The number of allylic oxidation sites excluding steroid dienone is 2. The molecular weight excluding hydrogens is 571 g/mol. The molecule has 0 bridgehead atoms. The van der Waals surface area contributed by atoms with Crippen LogP contribution in [0.5, 0.6) is 0 Å². The Morgan fingerprint density at radius 3 is 2.22 bits per heavy atom. The van der Waals surface area contributed by atoms with Gasteiger partial charge in [0.15, 0.2) is 5.79 Å². The van der Waals surface area contributed by atoms with Crippen molar-refractivity contribution in [2.45, 2.75) is 117 Å². The minimum atomic E-state index is -1.23. The van der Waals surface area contributed by atoms with Gasteiger partial charge in [0, 0.05) is 37.2 Å². The third-order valence-corrected chi connectivity index (χ3v) is 9.39. The number of aliphatic hydroxyl groups excluding tert-OH is 3. The van der Waals surface area contributed by atoms with E-state index in [4.69, 9.17) is 14.2 Å². The maximum atomic E-state index is 11.3. The van der Waals surface area contributed by atoms with E-state index in [1.165, 1.54) is 5.57 Å². The molecule has 13 atom stereocenters. The average Bonchev–Trinajstić information content (AvgIpc) is 2.85. The molecule has 1 spiro atoms. The van der Waals surface area contributed by atoms with E-state index in [-0.39, 0.29) is 53.8 Å². The molecule has 2 heterocycles. The summed E-state index contributed by atoms with van der Waals surface area (Å²) in [5, 5.41) is 33.7. The van der Waals surface area contributed by atoms with Crippen LogP contribution >= 0.6 is 22.6 Å². The van der Waals surface area contributed by atoms with Crippen molar-refractivity contribution >= 4 is 22.6 Å². The Bertz CT molecular complexity index is 743. The molecule has 0 aromatic carbocycles. The number of halogens is 1. The zero-order valence-corrected chi connectivity index (χ0v) is 25.9. The Balaban J connectivity index is 2.33. The molecule has 7 heteroatoms. The maximum Gasteiger partial charge on any atom is 0.197 e. The Labute approximate surface area is 233 Å². The lowest BCUT2D eigenvalue weighted by Gasteiger charge is -2.56. The van der Waals surface area contributed by atoms with Crippen molar-refractivity contribution in [1.82, 2.24) is 0 Å². The second kappa shape index (κ2) is 13.9. The van der Waals surface area contributed by atoms with Gasteiger partial charge >= 0.3 is 0 Å². The highest BCUT2D eigenvalue weighted by molar-refractivity contribution is 14.1. The minimum Gasteiger partial charge on any atom is -0.392 e. The van der Waals surface area contributed by atoms with Gasteiger partial charge in [-0.05, 0) is 42.6 Å². The summed E-state index contributed by atoms with van der Waals surface area (Å²) < 4.78 is 21.3. The van der Waals surface area contributed by atoms with E-state index >= 15 is 0 Å². The van der Waals surface area contributed by atoms with E-state index in [9.17, 15) is 15.3 Å². The molecule has 0 aromatic rings. The van der Waals surface area contributed by atoms with Crippen LogP contribution in [-0.2, 0) is 14.2 Å². The molecule has 2 aliphatic rings. The summed E-state index contributed by atoms with van der Waals surface area (Å²) in [6.07, 6.45) is 3.04. The van der Waals surface area contributed by atoms with Crippen LogP contribution in [0.2, 0.25) is 0 Å². The van der Waals surface area contributed by atoms with E-state index in [1.54, 1.807) is 7.11 Å². The molecule has 36 heavy (non-hydrogen) atoms. The Hall–Kier alpha value is -0.0300. The van der Waals surface area contributed by atoms with Crippen molar-refractivity contribution in [3.63, 3.8) is 0 Å². The van der Waals surface area contributed by atoms with Crippen LogP contribution in [0, 0.1) is 35.5 Å². The van der Waals surface area contributed by atoms with Crippen molar-refractivity contribution in [3.05, 3.63) is 21.8 Å². The monoisotopic (exact) mass is 622 g/mol. The van der Waals surface area contributed by atoms with Crippen LogP contribution in [0.25, 0.3) is 0 Å². The van der Waals surface area contributed by atoms with Crippen LogP contribution in [0.3, 0.4) is 0 Å². The van der Waals surface area contributed by atoms with E-state index < -0.39 is 24.1 Å². The van der Waals surface area contributed by atoms with Gasteiger partial charge in [-0.1, -0.05) is 81.9 Å². The molecule has 2 rings (SSSR count). The topological polar surface area (TPSA) is 88.4 Å². The average molecular weight is 623 g/mol. The lowest BCUT2D eigenvalue weighted by Crippen LogP contribution is -2.65. The quantitative estimate of drug-likeness (QED) is 0.221. The van der Waals surface area contributed by atoms with Gasteiger partial charge in [-0.15, -0.1) is 0 Å². The van der Waals surface area contributed by atoms with Gasteiger partial charge < -0.3 is 29.5 Å². The first-order valence-corrected chi connectivity index (χ1v) is 14.9. The molecule has 0 unspecified atom stereocenters. The molecule has 6 nitrogen and oxygen atoms in total. The van der Waals surface area contributed by atoms with Gasteiger partial charge in [-0.3, -0.25) is 0 Å². The van der Waals surface area contributed by atoms with Gasteiger partial charge in [0.25, 0.3) is 0 Å². The molecular formula is C29H51IO6. The van der Waals surface area contributed by atoms with Gasteiger partial charge in [0.2, 0.25) is 0 Å². The molecule has 0 aliphatic carbocycles. The van der Waals surface area contributed by atoms with Crippen LogP contribution in [0.15, 0.2) is 21.8 Å². The molecule has 3 N–H and O–H groups in total. The highest BCUT2D eigenvalue weighted by Crippen LogP contribution is 2.47. The summed E-state index contributed by atoms with van der Waals surface area (Å²) in [4.78, 5) is 0. The Morgan fingerprint density at radius 1 is 1.08 bits per heavy atom. The summed E-state index contributed by atoms with van der Waals surface area (Å²) in [7, 11) is 1.69. The third kappa shape index (κ3) is 7.13. The fourth-order valence-electron chi connectivity index (χ4n) is 6.32. The fraction of sp³-hybridized carbons (Fsp3) is 0.862. The first kappa shape index (κ1) is 32.2. The Kier molecular flexibility index (Phi) is 12.4. The van der Waals surface area contributed by atoms with Gasteiger partial charge in [-0.2, -0.15) is 0 Å². The standard InChI is InChI=1S/C29H51IO6/c1-10-16(2)13-18(4)26(33)22(8)28-20(6)23(34-9)15-29(36-28)24(31)14-19(5)27(35-29)21(7)25(32)17(3)11-12-30/h10-12,17-28,31-33H,13-15H2,1-9H3/b12-11-,16-10+/t17-,18-,19-,20+,21-,22+,23+,24-,25-,26-,27-,28-,29+/m0/s1. The Morgan fingerprint density at radius 2 is 1.67 bits per heavy atom. The zero-order valence-electron chi connectivity index (χ0n) is 23.7. The number of rotatable bonds is 10. The zero-order chi connectivity index (χ0) is 27.4. The van der Waals surface area contributed by atoms with Crippen LogP contribution in [0.4, 0.5) is 0 Å². The smallest absolute Gasteiger partial charge is 0.197 e. The van der Waals surface area contributed by atoms with Gasteiger partial charge in [0.05, 0.1) is 30.5 Å². The largest absolute Gasteiger partial charge is 0.392 e. The van der Waals surface area contributed by atoms with E-state index in [0.717, 1.165) is 6.42 Å². The van der Waals surface area contributed by atoms with Crippen molar-refractivity contribution < 1.29 is 29.5 Å². The number of hydrogen-bond acceptors (Lipinski definition) is 6. The number of ether oxygens (including phenoxy) is 3. The predicted molar refractivity (Wildman–Crippen MR) is 153 cm³/mol. The predicted octanol–water partition coefficient (Wildman–Crippen LogP) is 5.48. The second-order valence-corrected chi connectivity index (χ2v) is 12.5. The lowest BCUT2D eigenvalue weighted by atomic mass is 9.74. The van der Waals surface area contributed by atoms with Crippen molar-refractivity contribution in [3.8, 4) is 0 Å². The molecule has 0 saturated carbocycles. The van der Waals surface area contributed by atoms with Crippen molar-refractivity contribution in [2.24, 2.45) is 35.5 Å². The lowest BCUT2D eigenvalue weighted by molar-refractivity contribution is -0.391. The number of hydrogen-bond donors (Lipinski definition) is 3. The van der Waals surface area contributed by atoms with Crippen molar-refractivity contribution in [1.29, 1.82) is 0 Å². The van der Waals surface area contributed by atoms with Crippen LogP contribution in [-0.4, -0.2) is 64.8 Å². The molecule has 2 aliphatic heterocycles. The summed E-state index contributed by atoms with van der Waals surface area (Å²) in [5.74, 6) is -1.44. The van der Waals surface area contributed by atoms with Crippen LogP contribution in [0.1, 0.15) is 74.7 Å². The van der Waals surface area contributed by atoms with Gasteiger partial charge in [-0.25, -0.2) is 0 Å². The van der Waals surface area contributed by atoms with Crippen molar-refractivity contribution in [2.75, 3.05) is 7.11 Å². The molecule has 0 amide bonds. The summed E-state index contributed by atoms with van der Waals surface area (Å²) in [5.41, 5.74) is 1.25. The molecule has 2 saturated heterocycles. The summed E-state index contributed by atoms with van der Waals surface area (Å²) in [6, 6.07) is 0. The third-order valence-electron chi connectivity index (χ3n) is 8.98. The highest BCUT2D eigenvalue weighted by Gasteiger charge is 2.57. The highest BCUT2D eigenvalue weighted by atomic mass is 127. The maximum absolute atomic E-state index is 11.3. The SMILES string of the molecule is C/C=C(\C)C[C@H](C)[C@H](O)[C@@H](C)[C@H]1O[C@@]2(C[C@@H](OC)[C@H]1C)O[C@H]([C@@H](C)[C@@H](O)[C@@H](C)/C=C\I)[C@@H](C)C[C@@H]2O. The second-order valence-electron chi connectivity index (χ2n) is 11.7. The van der Waals surface area contributed by atoms with E-state index in [1.807, 2.05) is 37.9 Å². The first-order chi connectivity index (χ1) is 16.8. The fourth-order valence-corrected chi connectivity index (χ4v) is 6.97. The number of aliphatic hydroxyl groups is 3. The number of methoxy groups -OCH3 is 1. The molecule has 2 fully saturated rings. The first-order valence-electron chi connectivity index (χ1n) is 13.6. The summed E-state index contributed by atoms with van der Waals surface area (Å²) >= 11 is 2.17. The van der Waals surface area contributed by atoms with Gasteiger partial charge in [0.1, 0.15) is 6.10 Å². The minimum absolute atomic E-state index is 0.0143. The molecule has 0 aromatic heterocycles. The molecule has 210 valence electrons. The van der Waals surface area contributed by atoms with Crippen LogP contribution < -0.4 is 0 Å². The van der Waals surface area contributed by atoms with E-state index in [2.05, 4.69) is 56.4 Å². The van der Waals surface area contributed by atoms with E-state index in [0.29, 0.717) is 12.8 Å².